The average Bonchev–Trinajstić information content (AvgIpc) is 2.29. The molecule has 0 radical (unpaired) electrons. The maximum atomic E-state index is 3.57. The number of halogens is 1. The minimum Gasteiger partial charge on any atom is -0.314 e. The minimum absolute atomic E-state index is 0.623. The van der Waals surface area contributed by atoms with Crippen molar-refractivity contribution in [1.82, 2.24) is 5.32 Å². The number of benzene rings is 1. The van der Waals surface area contributed by atoms with Gasteiger partial charge >= 0.3 is 0 Å². The lowest BCUT2D eigenvalue weighted by atomic mass is 10.0. The van der Waals surface area contributed by atoms with Crippen LogP contribution in [-0.2, 0) is 6.42 Å². The third-order valence-corrected chi connectivity index (χ3v) is 3.92. The van der Waals surface area contributed by atoms with Crippen molar-refractivity contribution in [3.05, 3.63) is 33.4 Å². The van der Waals surface area contributed by atoms with Crippen LogP contribution in [0, 0.1) is 3.57 Å². The van der Waals surface area contributed by atoms with E-state index in [1.54, 1.807) is 0 Å². The Labute approximate surface area is 117 Å². The van der Waals surface area contributed by atoms with Crippen molar-refractivity contribution in [3.8, 4) is 0 Å². The molecule has 1 atom stereocenters. The van der Waals surface area contributed by atoms with Crippen LogP contribution in [0.3, 0.4) is 0 Å². The third kappa shape index (κ3) is 5.55. The van der Waals surface area contributed by atoms with Crippen LogP contribution < -0.4 is 5.32 Å². The molecule has 0 saturated carbocycles. The molecule has 16 heavy (non-hydrogen) atoms. The van der Waals surface area contributed by atoms with E-state index in [4.69, 9.17) is 0 Å². The van der Waals surface area contributed by atoms with Crippen LogP contribution in [-0.4, -0.2) is 24.6 Å². The first-order chi connectivity index (χ1) is 7.76. The van der Waals surface area contributed by atoms with Crippen molar-refractivity contribution in [3.63, 3.8) is 0 Å². The number of rotatable bonds is 7. The summed E-state index contributed by atoms with van der Waals surface area (Å²) in [6, 6.07) is 9.48. The molecule has 0 heterocycles. The van der Waals surface area contributed by atoms with Crippen molar-refractivity contribution in [2.24, 2.45) is 0 Å². The Balaban J connectivity index is 2.49. The second kappa shape index (κ2) is 8.37. The molecular weight excluding hydrogens is 329 g/mol. The Kier molecular flexibility index (Phi) is 7.49. The fourth-order valence-electron chi connectivity index (χ4n) is 1.73. The van der Waals surface area contributed by atoms with Crippen LogP contribution >= 0.6 is 34.4 Å². The van der Waals surface area contributed by atoms with Crippen LogP contribution in [0.25, 0.3) is 0 Å². The van der Waals surface area contributed by atoms with Crippen molar-refractivity contribution >= 4 is 34.4 Å². The smallest absolute Gasteiger partial charge is 0.0130 e. The predicted molar refractivity (Wildman–Crippen MR) is 83.3 cm³/mol. The van der Waals surface area contributed by atoms with E-state index < -0.39 is 0 Å². The molecule has 0 spiro atoms. The second-order valence-electron chi connectivity index (χ2n) is 3.87. The van der Waals surface area contributed by atoms with Gasteiger partial charge in [0.1, 0.15) is 0 Å². The van der Waals surface area contributed by atoms with E-state index in [9.17, 15) is 0 Å². The number of hydrogen-bond donors (Lipinski definition) is 1. The van der Waals surface area contributed by atoms with Gasteiger partial charge in [-0.15, -0.1) is 0 Å². The summed E-state index contributed by atoms with van der Waals surface area (Å²) in [6.07, 6.45) is 4.57. The Morgan fingerprint density at radius 3 is 2.56 bits per heavy atom. The summed E-state index contributed by atoms with van der Waals surface area (Å²) in [4.78, 5) is 0. The predicted octanol–water partition coefficient (Wildman–Crippen LogP) is 3.56. The van der Waals surface area contributed by atoms with Gasteiger partial charge < -0.3 is 5.32 Å². The summed E-state index contributed by atoms with van der Waals surface area (Å²) >= 11 is 4.28. The molecule has 0 fully saturated rings. The van der Waals surface area contributed by atoms with Gasteiger partial charge in [-0.2, -0.15) is 11.8 Å². The number of thioether (sulfide) groups is 1. The zero-order valence-electron chi connectivity index (χ0n) is 10.0. The third-order valence-electron chi connectivity index (χ3n) is 2.56. The standard InChI is InChI=1S/C13H20INS/c1-3-15-13(8-9-16-2)10-11-4-6-12(14)7-5-11/h4-7,13,15H,3,8-10H2,1-2H3. The molecule has 1 aromatic rings. The maximum absolute atomic E-state index is 3.57. The highest BCUT2D eigenvalue weighted by Gasteiger charge is 2.07. The van der Waals surface area contributed by atoms with Gasteiger partial charge in [-0.25, -0.2) is 0 Å². The second-order valence-corrected chi connectivity index (χ2v) is 6.10. The fraction of sp³-hybridized carbons (Fsp3) is 0.538. The quantitative estimate of drug-likeness (QED) is 0.756. The zero-order chi connectivity index (χ0) is 11.8. The first-order valence-corrected chi connectivity index (χ1v) is 8.20. The Hall–Kier alpha value is 0.260. The highest BCUT2D eigenvalue weighted by molar-refractivity contribution is 14.1. The van der Waals surface area contributed by atoms with Gasteiger partial charge in [0.05, 0.1) is 0 Å². The van der Waals surface area contributed by atoms with Crippen molar-refractivity contribution < 1.29 is 0 Å². The molecule has 0 aliphatic rings. The highest BCUT2D eigenvalue weighted by atomic mass is 127. The highest BCUT2D eigenvalue weighted by Crippen LogP contribution is 2.11. The largest absolute Gasteiger partial charge is 0.314 e. The Morgan fingerprint density at radius 2 is 2.00 bits per heavy atom. The molecule has 0 saturated heterocycles. The summed E-state index contributed by atoms with van der Waals surface area (Å²) in [6.45, 7) is 3.24. The first-order valence-electron chi connectivity index (χ1n) is 5.73. The van der Waals surface area contributed by atoms with Crippen LogP contribution in [0.1, 0.15) is 18.9 Å². The average molecular weight is 349 g/mol. The number of likely N-dealkylation sites (N-methyl/N-ethyl adjacent to an activating group) is 1. The molecule has 3 heteroatoms. The summed E-state index contributed by atoms with van der Waals surface area (Å²) in [5.41, 5.74) is 1.44. The molecule has 1 unspecified atom stereocenters. The van der Waals surface area contributed by atoms with E-state index in [2.05, 4.69) is 65.4 Å². The van der Waals surface area contributed by atoms with Crippen LogP contribution in [0.2, 0.25) is 0 Å². The van der Waals surface area contributed by atoms with Crippen molar-refractivity contribution in [1.29, 1.82) is 0 Å². The topological polar surface area (TPSA) is 12.0 Å². The van der Waals surface area contributed by atoms with Crippen LogP contribution in [0.5, 0.6) is 0 Å². The van der Waals surface area contributed by atoms with E-state index in [1.165, 1.54) is 21.3 Å². The summed E-state index contributed by atoms with van der Waals surface area (Å²) in [5.74, 6) is 1.24. The fourth-order valence-corrected chi connectivity index (χ4v) is 2.61. The van der Waals surface area contributed by atoms with Gasteiger partial charge in [0.15, 0.2) is 0 Å². The Morgan fingerprint density at radius 1 is 1.31 bits per heavy atom. The molecule has 0 aliphatic carbocycles. The van der Waals surface area contributed by atoms with E-state index in [0.717, 1.165) is 13.0 Å². The van der Waals surface area contributed by atoms with Crippen LogP contribution in [0.4, 0.5) is 0 Å². The minimum atomic E-state index is 0.623. The van der Waals surface area contributed by atoms with Gasteiger partial charge in [0.25, 0.3) is 0 Å². The maximum Gasteiger partial charge on any atom is 0.0130 e. The lowest BCUT2D eigenvalue weighted by Crippen LogP contribution is -2.31. The SMILES string of the molecule is CCNC(CCSC)Cc1ccc(I)cc1. The van der Waals surface area contributed by atoms with E-state index in [1.807, 2.05) is 11.8 Å². The van der Waals surface area contributed by atoms with Gasteiger partial charge in [0.2, 0.25) is 0 Å². The van der Waals surface area contributed by atoms with Gasteiger partial charge in [0, 0.05) is 9.61 Å². The van der Waals surface area contributed by atoms with Crippen molar-refractivity contribution in [2.45, 2.75) is 25.8 Å². The van der Waals surface area contributed by atoms with Crippen LogP contribution in [0.15, 0.2) is 24.3 Å². The van der Waals surface area contributed by atoms with Gasteiger partial charge in [-0.3, -0.25) is 0 Å². The van der Waals surface area contributed by atoms with E-state index in [-0.39, 0.29) is 0 Å². The van der Waals surface area contributed by atoms with Gasteiger partial charge in [-0.1, -0.05) is 19.1 Å². The molecule has 1 rings (SSSR count). The molecule has 0 aromatic heterocycles. The molecule has 1 aromatic carbocycles. The normalized spacial score (nSPS) is 12.7. The monoisotopic (exact) mass is 349 g/mol. The number of hydrogen-bond acceptors (Lipinski definition) is 2. The molecule has 90 valence electrons. The van der Waals surface area contributed by atoms with Gasteiger partial charge in [-0.05, 0) is 71.7 Å². The first kappa shape index (κ1) is 14.3. The molecule has 0 bridgehead atoms. The summed E-state index contributed by atoms with van der Waals surface area (Å²) in [5, 5.41) is 3.57. The van der Waals surface area contributed by atoms with Crippen molar-refractivity contribution in [2.75, 3.05) is 18.6 Å². The molecule has 1 N–H and O–H groups in total. The zero-order valence-corrected chi connectivity index (χ0v) is 13.0. The molecular formula is C13H20INS. The lowest BCUT2D eigenvalue weighted by molar-refractivity contribution is 0.513. The lowest BCUT2D eigenvalue weighted by Gasteiger charge is -2.17. The molecule has 0 aliphatic heterocycles. The summed E-state index contributed by atoms with van der Waals surface area (Å²) < 4.78 is 1.31. The molecule has 1 nitrogen and oxygen atoms in total. The van der Waals surface area contributed by atoms with E-state index >= 15 is 0 Å². The Bertz CT molecular complexity index is 286. The summed E-state index contributed by atoms with van der Waals surface area (Å²) in [7, 11) is 0. The molecule has 0 amide bonds. The number of nitrogens with one attached hydrogen (secondary N) is 1. The van der Waals surface area contributed by atoms with E-state index in [0.29, 0.717) is 6.04 Å².